The molecule has 1 heterocycles. The van der Waals surface area contributed by atoms with Gasteiger partial charge in [-0.25, -0.2) is 0 Å². The molecule has 2 rings (SSSR count). The first-order valence-electron chi connectivity index (χ1n) is 4.74. The van der Waals surface area contributed by atoms with E-state index in [1.807, 2.05) is 19.1 Å². The number of hydrogen-bond acceptors (Lipinski definition) is 2. The van der Waals surface area contributed by atoms with Gasteiger partial charge in [0, 0.05) is 16.6 Å². The lowest BCUT2D eigenvalue weighted by atomic mass is 10.1. The van der Waals surface area contributed by atoms with Crippen molar-refractivity contribution in [2.45, 2.75) is 13.3 Å². The van der Waals surface area contributed by atoms with Crippen LogP contribution < -0.4 is 0 Å². The minimum Gasteiger partial charge on any atom is -0.358 e. The molecule has 1 N–H and O–H groups in total. The van der Waals surface area contributed by atoms with Gasteiger partial charge >= 0.3 is 0 Å². The van der Waals surface area contributed by atoms with Gasteiger partial charge in [0.25, 0.3) is 0 Å². The molecule has 3 nitrogen and oxygen atoms in total. The molecule has 1 aromatic heterocycles. The van der Waals surface area contributed by atoms with Crippen LogP contribution in [0.15, 0.2) is 18.2 Å². The fraction of sp³-hybridized carbons (Fsp3) is 0.167. The first-order valence-corrected chi connectivity index (χ1v) is 4.74. The number of nitriles is 2. The fourth-order valence-electron chi connectivity index (χ4n) is 1.64. The highest BCUT2D eigenvalue weighted by molar-refractivity contribution is 5.87. The van der Waals surface area contributed by atoms with Crippen LogP contribution in [0.3, 0.4) is 0 Å². The predicted molar refractivity (Wildman–Crippen MR) is 57.1 cm³/mol. The molecule has 2 aromatic rings. The molecule has 15 heavy (non-hydrogen) atoms. The van der Waals surface area contributed by atoms with Crippen LogP contribution in [0, 0.1) is 22.7 Å². The molecule has 0 saturated heterocycles. The second kappa shape index (κ2) is 3.48. The van der Waals surface area contributed by atoms with Gasteiger partial charge in [-0.15, -0.1) is 0 Å². The van der Waals surface area contributed by atoms with Gasteiger partial charge < -0.3 is 4.98 Å². The average molecular weight is 195 g/mol. The Labute approximate surface area is 87.6 Å². The van der Waals surface area contributed by atoms with E-state index in [1.54, 1.807) is 12.1 Å². The summed E-state index contributed by atoms with van der Waals surface area (Å²) >= 11 is 0. The largest absolute Gasteiger partial charge is 0.358 e. The van der Waals surface area contributed by atoms with Gasteiger partial charge in [-0.3, -0.25) is 0 Å². The van der Waals surface area contributed by atoms with E-state index < -0.39 is 0 Å². The number of aromatic amines is 1. The maximum absolute atomic E-state index is 8.96. The molecule has 72 valence electrons. The number of nitrogens with zero attached hydrogens (tertiary/aromatic N) is 2. The van der Waals surface area contributed by atoms with Crippen molar-refractivity contribution in [1.29, 1.82) is 10.5 Å². The van der Waals surface area contributed by atoms with Crippen LogP contribution in [0.2, 0.25) is 0 Å². The van der Waals surface area contributed by atoms with Crippen molar-refractivity contribution >= 4 is 10.9 Å². The quantitative estimate of drug-likeness (QED) is 0.759. The molecular weight excluding hydrogens is 186 g/mol. The summed E-state index contributed by atoms with van der Waals surface area (Å²) in [5.41, 5.74) is 3.02. The van der Waals surface area contributed by atoms with Crippen LogP contribution in [0.25, 0.3) is 10.9 Å². The lowest BCUT2D eigenvalue weighted by molar-refractivity contribution is 1.07. The Morgan fingerprint density at radius 2 is 2.00 bits per heavy atom. The van der Waals surface area contributed by atoms with Crippen LogP contribution in [0.1, 0.15) is 23.7 Å². The third-order valence-electron chi connectivity index (χ3n) is 2.42. The van der Waals surface area contributed by atoms with Crippen molar-refractivity contribution in [1.82, 2.24) is 4.98 Å². The van der Waals surface area contributed by atoms with Crippen LogP contribution in [0.4, 0.5) is 0 Å². The number of nitrogens with one attached hydrogen (secondary N) is 1. The van der Waals surface area contributed by atoms with Gasteiger partial charge in [0.15, 0.2) is 0 Å². The summed E-state index contributed by atoms with van der Waals surface area (Å²) in [6, 6.07) is 9.52. The predicted octanol–water partition coefficient (Wildman–Crippen LogP) is 2.47. The normalized spacial score (nSPS) is 9.80. The van der Waals surface area contributed by atoms with Crippen LogP contribution in [-0.2, 0) is 6.42 Å². The molecule has 3 heteroatoms. The monoisotopic (exact) mass is 195 g/mol. The fourth-order valence-corrected chi connectivity index (χ4v) is 1.64. The number of benzene rings is 1. The highest BCUT2D eigenvalue weighted by atomic mass is 14.7. The Kier molecular flexibility index (Phi) is 2.15. The zero-order chi connectivity index (χ0) is 10.8. The zero-order valence-corrected chi connectivity index (χ0v) is 8.33. The first-order chi connectivity index (χ1) is 7.28. The van der Waals surface area contributed by atoms with Gasteiger partial charge in [-0.1, -0.05) is 6.92 Å². The van der Waals surface area contributed by atoms with Gasteiger partial charge in [0.05, 0.1) is 23.3 Å². The Morgan fingerprint density at radius 1 is 1.20 bits per heavy atom. The van der Waals surface area contributed by atoms with Crippen molar-refractivity contribution in [3.63, 3.8) is 0 Å². The minimum atomic E-state index is 0.517. The molecule has 0 radical (unpaired) electrons. The van der Waals surface area contributed by atoms with Crippen molar-refractivity contribution in [3.8, 4) is 12.1 Å². The van der Waals surface area contributed by atoms with E-state index in [0.717, 1.165) is 23.0 Å². The lowest BCUT2D eigenvalue weighted by Gasteiger charge is -1.93. The van der Waals surface area contributed by atoms with Crippen LogP contribution in [-0.4, -0.2) is 4.98 Å². The van der Waals surface area contributed by atoms with E-state index in [2.05, 4.69) is 11.1 Å². The summed E-state index contributed by atoms with van der Waals surface area (Å²) in [5.74, 6) is 0. The van der Waals surface area contributed by atoms with Gasteiger partial charge in [0.2, 0.25) is 0 Å². The molecule has 0 aliphatic rings. The summed E-state index contributed by atoms with van der Waals surface area (Å²) in [4.78, 5) is 3.19. The zero-order valence-electron chi connectivity index (χ0n) is 8.33. The van der Waals surface area contributed by atoms with E-state index in [-0.39, 0.29) is 0 Å². The Hall–Kier alpha value is -2.26. The minimum absolute atomic E-state index is 0.517. The molecular formula is C12H9N3. The SMILES string of the molecule is CCc1cc2c(C#N)cc(C#N)cc2[nH]1. The molecule has 0 fully saturated rings. The topological polar surface area (TPSA) is 63.4 Å². The summed E-state index contributed by atoms with van der Waals surface area (Å²) < 4.78 is 0. The number of aromatic nitrogens is 1. The smallest absolute Gasteiger partial charge is 0.0999 e. The standard InChI is InChI=1S/C12H9N3/c1-2-10-5-11-9(7-14)3-8(6-13)4-12(11)15-10/h3-5,15H,2H2,1H3. The third kappa shape index (κ3) is 1.45. The molecule has 0 amide bonds. The van der Waals surface area contributed by atoms with Gasteiger partial charge in [0.1, 0.15) is 0 Å². The highest BCUT2D eigenvalue weighted by Crippen LogP contribution is 2.21. The van der Waals surface area contributed by atoms with Crippen molar-refractivity contribution in [3.05, 3.63) is 35.0 Å². The van der Waals surface area contributed by atoms with E-state index in [1.165, 1.54) is 0 Å². The molecule has 1 aromatic carbocycles. The Balaban J connectivity index is 2.80. The maximum Gasteiger partial charge on any atom is 0.0999 e. The van der Waals surface area contributed by atoms with E-state index in [0.29, 0.717) is 11.1 Å². The first kappa shape index (κ1) is 9.30. The molecule has 0 aliphatic heterocycles. The molecule has 0 bridgehead atoms. The second-order valence-corrected chi connectivity index (χ2v) is 3.36. The van der Waals surface area contributed by atoms with Crippen molar-refractivity contribution < 1.29 is 0 Å². The molecule has 0 aliphatic carbocycles. The van der Waals surface area contributed by atoms with E-state index in [4.69, 9.17) is 10.5 Å². The Bertz CT molecular complexity index is 594. The van der Waals surface area contributed by atoms with Gasteiger partial charge in [-0.2, -0.15) is 10.5 Å². The summed E-state index contributed by atoms with van der Waals surface area (Å²) in [6.07, 6.45) is 0.890. The Morgan fingerprint density at radius 3 is 2.60 bits per heavy atom. The number of fused-ring (bicyclic) bond motifs is 1. The lowest BCUT2D eigenvalue weighted by Crippen LogP contribution is -1.80. The third-order valence-corrected chi connectivity index (χ3v) is 2.42. The summed E-state index contributed by atoms with van der Waals surface area (Å²) in [5, 5.41) is 18.7. The van der Waals surface area contributed by atoms with Crippen LogP contribution >= 0.6 is 0 Å². The maximum atomic E-state index is 8.96. The number of H-pyrrole nitrogens is 1. The second-order valence-electron chi connectivity index (χ2n) is 3.36. The van der Waals surface area contributed by atoms with E-state index >= 15 is 0 Å². The van der Waals surface area contributed by atoms with Crippen molar-refractivity contribution in [2.24, 2.45) is 0 Å². The summed E-state index contributed by atoms with van der Waals surface area (Å²) in [6.45, 7) is 2.04. The number of rotatable bonds is 1. The van der Waals surface area contributed by atoms with Crippen molar-refractivity contribution in [2.75, 3.05) is 0 Å². The number of aryl methyl sites for hydroxylation is 1. The molecule has 0 saturated carbocycles. The molecule has 0 unspecified atom stereocenters. The molecule has 0 atom stereocenters. The van der Waals surface area contributed by atoms with Gasteiger partial charge in [-0.05, 0) is 24.6 Å². The summed E-state index contributed by atoms with van der Waals surface area (Å²) in [7, 11) is 0. The average Bonchev–Trinajstić information content (AvgIpc) is 2.70. The van der Waals surface area contributed by atoms with Crippen LogP contribution in [0.5, 0.6) is 0 Å². The highest BCUT2D eigenvalue weighted by Gasteiger charge is 2.06. The molecule has 0 spiro atoms. The van der Waals surface area contributed by atoms with E-state index in [9.17, 15) is 0 Å². The number of hydrogen-bond donors (Lipinski definition) is 1.